The van der Waals surface area contributed by atoms with E-state index in [0.29, 0.717) is 11.5 Å². The topological polar surface area (TPSA) is 67.5 Å². The number of carboxylic acid groups (broad SMARTS) is 1. The van der Waals surface area contributed by atoms with Gasteiger partial charge in [0.05, 0.1) is 0 Å². The number of rotatable bonds is 2. The second-order valence-electron chi connectivity index (χ2n) is 2.79. The number of carboxylic acids is 1. The number of halogens is 1. The summed E-state index contributed by atoms with van der Waals surface area (Å²) in [6, 6.07) is 3.62. The van der Waals surface area contributed by atoms with Crippen molar-refractivity contribution < 1.29 is 9.90 Å². The fraction of sp³-hybridized carbons (Fsp3) is 0. The van der Waals surface area contributed by atoms with E-state index in [4.69, 9.17) is 5.11 Å². The van der Waals surface area contributed by atoms with Crippen molar-refractivity contribution in [3.63, 3.8) is 0 Å². The molecule has 0 aliphatic heterocycles. The minimum Gasteiger partial charge on any atom is -0.478 e. The Bertz CT molecular complexity index is 547. The minimum absolute atomic E-state index is 0.371. The van der Waals surface area contributed by atoms with E-state index in [1.165, 1.54) is 6.08 Å². The van der Waals surface area contributed by atoms with Gasteiger partial charge in [-0.25, -0.2) is 14.3 Å². The van der Waals surface area contributed by atoms with E-state index in [-0.39, 0.29) is 0 Å². The quantitative estimate of drug-likeness (QED) is 0.840. The lowest BCUT2D eigenvalue weighted by Gasteiger charge is -1.89. The normalized spacial score (nSPS) is 11.3. The first-order valence-corrected chi connectivity index (χ1v) is 4.87. The van der Waals surface area contributed by atoms with Crippen LogP contribution in [0, 0.1) is 0 Å². The molecule has 0 unspecified atom stereocenters. The van der Waals surface area contributed by atoms with Gasteiger partial charge in [-0.05, 0) is 18.2 Å². The monoisotopic (exact) mass is 267 g/mol. The molecule has 15 heavy (non-hydrogen) atoms. The average Bonchev–Trinajstić information content (AvgIpc) is 2.56. The van der Waals surface area contributed by atoms with Crippen LogP contribution in [0.4, 0.5) is 0 Å². The molecule has 0 saturated heterocycles. The zero-order chi connectivity index (χ0) is 10.8. The number of nitrogens with zero attached hydrogens (tertiary/aromatic N) is 3. The van der Waals surface area contributed by atoms with Crippen LogP contribution in [-0.2, 0) is 4.79 Å². The maximum absolute atomic E-state index is 10.3. The summed E-state index contributed by atoms with van der Waals surface area (Å²) >= 11 is 3.31. The molecule has 1 N–H and O–H groups in total. The van der Waals surface area contributed by atoms with E-state index in [2.05, 4.69) is 26.0 Å². The highest BCUT2D eigenvalue weighted by atomic mass is 79.9. The number of aliphatic carboxylic acids is 1. The van der Waals surface area contributed by atoms with Crippen LogP contribution < -0.4 is 0 Å². The molecule has 6 heteroatoms. The number of hydrogen-bond donors (Lipinski definition) is 1. The van der Waals surface area contributed by atoms with Crippen LogP contribution in [0.5, 0.6) is 0 Å². The third kappa shape index (κ3) is 2.21. The van der Waals surface area contributed by atoms with Crippen LogP contribution in [-0.4, -0.2) is 25.7 Å². The van der Waals surface area contributed by atoms with E-state index in [0.717, 1.165) is 10.5 Å². The molecule has 0 saturated carbocycles. The molecule has 0 spiro atoms. The van der Waals surface area contributed by atoms with Crippen molar-refractivity contribution in [2.45, 2.75) is 0 Å². The van der Waals surface area contributed by atoms with Gasteiger partial charge in [0.2, 0.25) is 0 Å². The minimum atomic E-state index is -1.02. The molecule has 0 amide bonds. The zero-order valence-electron chi connectivity index (χ0n) is 7.46. The first kappa shape index (κ1) is 9.85. The second kappa shape index (κ2) is 3.82. The van der Waals surface area contributed by atoms with Crippen molar-refractivity contribution in [2.75, 3.05) is 0 Å². The Kier molecular flexibility index (Phi) is 2.51. The third-order valence-corrected chi connectivity index (χ3v) is 2.18. The molecule has 5 nitrogen and oxygen atoms in total. The number of pyridine rings is 1. The number of aromatic nitrogens is 3. The van der Waals surface area contributed by atoms with E-state index in [1.807, 2.05) is 6.07 Å². The highest BCUT2D eigenvalue weighted by molar-refractivity contribution is 9.10. The molecule has 2 heterocycles. The molecule has 76 valence electrons. The van der Waals surface area contributed by atoms with E-state index >= 15 is 0 Å². The molecule has 0 bridgehead atoms. The molecule has 0 fully saturated rings. The van der Waals surface area contributed by atoms with Crippen molar-refractivity contribution in [3.05, 3.63) is 34.7 Å². The predicted molar refractivity (Wildman–Crippen MR) is 57.4 cm³/mol. The lowest BCUT2D eigenvalue weighted by molar-refractivity contribution is -0.131. The van der Waals surface area contributed by atoms with Crippen molar-refractivity contribution in [3.8, 4) is 0 Å². The van der Waals surface area contributed by atoms with Gasteiger partial charge in [0.25, 0.3) is 0 Å². The number of hydrogen-bond acceptors (Lipinski definition) is 3. The van der Waals surface area contributed by atoms with Gasteiger partial charge in [-0.1, -0.05) is 15.9 Å². The molecular weight excluding hydrogens is 262 g/mol. The van der Waals surface area contributed by atoms with Gasteiger partial charge in [0, 0.05) is 16.7 Å². The summed E-state index contributed by atoms with van der Waals surface area (Å²) in [5, 5.41) is 12.5. The SMILES string of the molecule is O=C(O)/C=C/c1nc2cc(Br)ccn2n1. The van der Waals surface area contributed by atoms with Gasteiger partial charge >= 0.3 is 5.97 Å². The van der Waals surface area contributed by atoms with Gasteiger partial charge in [0.15, 0.2) is 11.5 Å². The Labute approximate surface area is 93.2 Å². The highest BCUT2D eigenvalue weighted by Crippen LogP contribution is 2.11. The first-order chi connectivity index (χ1) is 7.15. The first-order valence-electron chi connectivity index (χ1n) is 4.08. The summed E-state index contributed by atoms with van der Waals surface area (Å²) in [7, 11) is 0. The molecule has 2 rings (SSSR count). The van der Waals surface area contributed by atoms with Gasteiger partial charge < -0.3 is 5.11 Å². The van der Waals surface area contributed by atoms with Crippen LogP contribution in [0.1, 0.15) is 5.82 Å². The lowest BCUT2D eigenvalue weighted by Crippen LogP contribution is -1.87. The number of fused-ring (bicyclic) bond motifs is 1. The lowest BCUT2D eigenvalue weighted by atomic mass is 10.5. The fourth-order valence-corrected chi connectivity index (χ4v) is 1.41. The molecule has 0 aliphatic carbocycles. The van der Waals surface area contributed by atoms with Crippen molar-refractivity contribution >= 4 is 33.6 Å². The highest BCUT2D eigenvalue weighted by Gasteiger charge is 2.00. The predicted octanol–water partition coefficient (Wildman–Crippen LogP) is 1.59. The maximum atomic E-state index is 10.3. The Hall–Kier alpha value is -1.69. The molecule has 0 aliphatic rings. The summed E-state index contributed by atoms with van der Waals surface area (Å²) in [5.41, 5.74) is 0.661. The summed E-state index contributed by atoms with van der Waals surface area (Å²) in [6.45, 7) is 0. The van der Waals surface area contributed by atoms with E-state index in [1.54, 1.807) is 16.8 Å². The summed E-state index contributed by atoms with van der Waals surface area (Å²) < 4.78 is 2.47. The standard InChI is InChI=1S/C9H6BrN3O2/c10-6-3-4-13-8(5-6)11-7(12-13)1-2-9(14)15/h1-5H,(H,14,15)/b2-1+. The van der Waals surface area contributed by atoms with E-state index in [9.17, 15) is 4.79 Å². The smallest absolute Gasteiger partial charge is 0.328 e. The van der Waals surface area contributed by atoms with Crippen LogP contribution in [0.25, 0.3) is 11.7 Å². The van der Waals surface area contributed by atoms with Crippen molar-refractivity contribution in [1.82, 2.24) is 14.6 Å². The van der Waals surface area contributed by atoms with E-state index < -0.39 is 5.97 Å². The number of carbonyl (C=O) groups is 1. The molecule has 0 atom stereocenters. The maximum Gasteiger partial charge on any atom is 0.328 e. The second-order valence-corrected chi connectivity index (χ2v) is 3.70. The van der Waals surface area contributed by atoms with Gasteiger partial charge in [-0.3, -0.25) is 0 Å². The average molecular weight is 268 g/mol. The zero-order valence-corrected chi connectivity index (χ0v) is 9.05. The van der Waals surface area contributed by atoms with Crippen molar-refractivity contribution in [2.24, 2.45) is 0 Å². The molecule has 2 aromatic rings. The summed E-state index contributed by atoms with van der Waals surface area (Å²) in [6.07, 6.45) is 4.09. The summed E-state index contributed by atoms with van der Waals surface area (Å²) in [4.78, 5) is 14.4. The van der Waals surface area contributed by atoms with Gasteiger partial charge in [-0.15, -0.1) is 5.10 Å². The Morgan fingerprint density at radius 2 is 2.40 bits per heavy atom. The Balaban J connectivity index is 2.43. The largest absolute Gasteiger partial charge is 0.478 e. The van der Waals surface area contributed by atoms with Crippen LogP contribution in [0.3, 0.4) is 0 Å². The fourth-order valence-electron chi connectivity index (χ4n) is 1.09. The van der Waals surface area contributed by atoms with Crippen LogP contribution >= 0.6 is 15.9 Å². The molecule has 0 radical (unpaired) electrons. The summed E-state index contributed by atoms with van der Waals surface area (Å²) in [5.74, 6) is -0.648. The Morgan fingerprint density at radius 1 is 1.60 bits per heavy atom. The van der Waals surface area contributed by atoms with Crippen LogP contribution in [0.2, 0.25) is 0 Å². The third-order valence-electron chi connectivity index (χ3n) is 1.69. The van der Waals surface area contributed by atoms with Gasteiger partial charge in [-0.2, -0.15) is 0 Å². The van der Waals surface area contributed by atoms with Gasteiger partial charge in [0.1, 0.15) is 0 Å². The Morgan fingerprint density at radius 3 is 3.13 bits per heavy atom. The molecule has 0 aromatic carbocycles. The van der Waals surface area contributed by atoms with Crippen molar-refractivity contribution in [1.29, 1.82) is 0 Å². The molecule has 2 aromatic heterocycles. The van der Waals surface area contributed by atoms with Crippen LogP contribution in [0.15, 0.2) is 28.9 Å². The molecular formula is C9H6BrN3O2.